The first-order valence-corrected chi connectivity index (χ1v) is 8.73. The molecule has 1 aromatic rings. The first-order chi connectivity index (χ1) is 9.68. The van der Waals surface area contributed by atoms with Crippen LogP contribution in [0.15, 0.2) is 24.3 Å². The average molecular weight is 391 g/mol. The first-order valence-electron chi connectivity index (χ1n) is 6.57. The summed E-state index contributed by atoms with van der Waals surface area (Å²) >= 11 is 2.15. The van der Waals surface area contributed by atoms with Crippen LogP contribution in [0.25, 0.3) is 0 Å². The van der Waals surface area contributed by atoms with Gasteiger partial charge in [-0.1, -0.05) is 46.9 Å². The predicted molar refractivity (Wildman–Crippen MR) is 88.3 cm³/mol. The Labute approximate surface area is 134 Å². The molecular formula is C15H22INO3. The Morgan fingerprint density at radius 3 is 2.80 bits per heavy atom. The lowest BCUT2D eigenvalue weighted by molar-refractivity contribution is -0.159. The number of hydrogen-bond donors (Lipinski definition) is 0. The Balaban J connectivity index is 0.000000956. The summed E-state index contributed by atoms with van der Waals surface area (Å²) in [5.74, 6) is -0.288. The Morgan fingerprint density at radius 2 is 2.10 bits per heavy atom. The zero-order chi connectivity index (χ0) is 15.0. The summed E-state index contributed by atoms with van der Waals surface area (Å²) in [6, 6.07) is 7.89. The molecule has 0 saturated heterocycles. The quantitative estimate of drug-likeness (QED) is 0.449. The number of esters is 1. The maximum absolute atomic E-state index is 12.0. The molecule has 0 aromatic heterocycles. The van der Waals surface area contributed by atoms with Crippen LogP contribution in [0.5, 0.6) is 0 Å². The van der Waals surface area contributed by atoms with Crippen LogP contribution in [0.3, 0.4) is 0 Å². The third-order valence-corrected chi connectivity index (χ3v) is 2.99. The van der Waals surface area contributed by atoms with E-state index in [9.17, 15) is 4.79 Å². The van der Waals surface area contributed by atoms with E-state index in [2.05, 4.69) is 22.6 Å². The van der Waals surface area contributed by atoms with E-state index in [1.54, 1.807) is 0 Å². The van der Waals surface area contributed by atoms with Gasteiger partial charge in [-0.25, -0.2) is 4.79 Å². The van der Waals surface area contributed by atoms with Crippen molar-refractivity contribution in [2.45, 2.75) is 12.5 Å². The van der Waals surface area contributed by atoms with Gasteiger partial charge in [0.1, 0.15) is 6.61 Å². The average Bonchev–Trinajstić information content (AvgIpc) is 2.48. The van der Waals surface area contributed by atoms with Gasteiger partial charge in [0.05, 0.1) is 6.61 Å². The predicted octanol–water partition coefficient (Wildman–Crippen LogP) is 2.46. The van der Waals surface area contributed by atoms with Gasteiger partial charge in [-0.15, -0.1) is 0 Å². The maximum atomic E-state index is 12.0. The van der Waals surface area contributed by atoms with E-state index in [1.165, 1.54) is 5.56 Å². The lowest BCUT2D eigenvalue weighted by Crippen LogP contribution is -2.27. The molecule has 2 rings (SSSR count). The Bertz CT molecular complexity index is 423. The number of hydrogen-bond acceptors (Lipinski definition) is 4. The molecule has 0 aliphatic carbocycles. The van der Waals surface area contributed by atoms with Gasteiger partial charge in [-0.2, -0.15) is 0 Å². The molecule has 0 fully saturated rings. The van der Waals surface area contributed by atoms with Gasteiger partial charge in [0.15, 0.2) is 6.10 Å². The molecule has 0 bridgehead atoms. The second-order valence-electron chi connectivity index (χ2n) is 4.67. The molecule has 1 unspecified atom stereocenters. The molecule has 0 amide bonds. The molecule has 5 heteroatoms. The highest BCUT2D eigenvalue weighted by molar-refractivity contribution is 14.1. The van der Waals surface area contributed by atoms with Crippen molar-refractivity contribution in [1.29, 1.82) is 0 Å². The number of likely N-dealkylation sites (N-methyl/N-ethyl adjacent to an activating group) is 1. The van der Waals surface area contributed by atoms with Gasteiger partial charge in [-0.05, 0) is 36.6 Å². The van der Waals surface area contributed by atoms with Gasteiger partial charge < -0.3 is 14.4 Å². The summed E-state index contributed by atoms with van der Waals surface area (Å²) in [5.41, 5.74) is 2.12. The zero-order valence-corrected chi connectivity index (χ0v) is 14.4. The lowest BCUT2D eigenvalue weighted by atomic mass is 9.98. The highest BCUT2D eigenvalue weighted by Crippen LogP contribution is 2.27. The van der Waals surface area contributed by atoms with Gasteiger partial charge >= 0.3 is 5.97 Å². The fourth-order valence-electron chi connectivity index (χ4n) is 1.99. The van der Waals surface area contributed by atoms with Crippen molar-refractivity contribution in [2.24, 2.45) is 0 Å². The minimum atomic E-state index is -0.558. The maximum Gasteiger partial charge on any atom is 0.339 e. The zero-order valence-electron chi connectivity index (χ0n) is 12.3. The summed E-state index contributed by atoms with van der Waals surface area (Å²) in [4.78, 5) is 15.9. The minimum absolute atomic E-state index is 0.288. The van der Waals surface area contributed by atoms with Gasteiger partial charge in [0.25, 0.3) is 0 Å². The number of carbonyl (C=O) groups excluding carboxylic acids is 1. The third kappa shape index (κ3) is 5.03. The van der Waals surface area contributed by atoms with Crippen LogP contribution < -0.4 is 0 Å². The van der Waals surface area contributed by atoms with Crippen molar-refractivity contribution >= 4 is 28.6 Å². The van der Waals surface area contributed by atoms with Crippen LogP contribution in [0.4, 0.5) is 0 Å². The fraction of sp³-hybridized carbons (Fsp3) is 0.533. The molecule has 1 aliphatic rings. The Kier molecular flexibility index (Phi) is 8.09. The molecule has 4 nitrogen and oxygen atoms in total. The van der Waals surface area contributed by atoms with E-state index in [4.69, 9.17) is 9.47 Å². The SMILES string of the molecule is CI.CN(C)CCOC(=O)C1OCCc2ccccc21. The highest BCUT2D eigenvalue weighted by atomic mass is 127. The van der Waals surface area contributed by atoms with Crippen molar-refractivity contribution in [1.82, 2.24) is 4.90 Å². The van der Waals surface area contributed by atoms with E-state index < -0.39 is 6.10 Å². The number of rotatable bonds is 4. The van der Waals surface area contributed by atoms with E-state index in [-0.39, 0.29) is 5.97 Å². The lowest BCUT2D eigenvalue weighted by Gasteiger charge is -2.24. The van der Waals surface area contributed by atoms with E-state index in [1.807, 2.05) is 48.2 Å². The summed E-state index contributed by atoms with van der Waals surface area (Å²) < 4.78 is 10.8. The molecule has 1 heterocycles. The van der Waals surface area contributed by atoms with Crippen molar-refractivity contribution in [3.63, 3.8) is 0 Å². The van der Waals surface area contributed by atoms with Crippen LogP contribution in [0.2, 0.25) is 0 Å². The first kappa shape index (κ1) is 17.4. The van der Waals surface area contributed by atoms with Crippen LogP contribution in [0, 0.1) is 0 Å². The molecule has 1 aromatic carbocycles. The number of ether oxygens (including phenoxy) is 2. The number of benzene rings is 1. The molecule has 112 valence electrons. The summed E-state index contributed by atoms with van der Waals surface area (Å²) in [6.45, 7) is 1.69. The molecule has 0 N–H and O–H groups in total. The monoisotopic (exact) mass is 391 g/mol. The second kappa shape index (κ2) is 9.31. The molecule has 0 radical (unpaired) electrons. The highest BCUT2D eigenvalue weighted by Gasteiger charge is 2.28. The number of fused-ring (bicyclic) bond motifs is 1. The van der Waals surface area contributed by atoms with Crippen molar-refractivity contribution in [3.8, 4) is 0 Å². The number of carbonyl (C=O) groups is 1. The third-order valence-electron chi connectivity index (χ3n) is 2.99. The standard InChI is InChI=1S/C14H19NO3.CH3I/c1-15(2)8-10-18-14(16)13-12-6-4-3-5-11(12)7-9-17-13;1-2/h3-6,13H,7-10H2,1-2H3;1H3. The van der Waals surface area contributed by atoms with Gasteiger partial charge in [0.2, 0.25) is 0 Å². The topological polar surface area (TPSA) is 38.8 Å². The molecule has 20 heavy (non-hydrogen) atoms. The van der Waals surface area contributed by atoms with Crippen LogP contribution in [-0.4, -0.2) is 49.7 Å². The minimum Gasteiger partial charge on any atom is -0.462 e. The summed E-state index contributed by atoms with van der Waals surface area (Å²) in [6.07, 6.45) is 0.301. The van der Waals surface area contributed by atoms with Crippen molar-refractivity contribution in [3.05, 3.63) is 35.4 Å². The molecule has 1 atom stereocenters. The van der Waals surface area contributed by atoms with E-state index >= 15 is 0 Å². The van der Waals surface area contributed by atoms with Gasteiger partial charge in [0, 0.05) is 6.54 Å². The number of alkyl halides is 1. The Morgan fingerprint density at radius 1 is 1.40 bits per heavy atom. The van der Waals surface area contributed by atoms with Crippen LogP contribution in [-0.2, 0) is 20.7 Å². The largest absolute Gasteiger partial charge is 0.462 e. The smallest absolute Gasteiger partial charge is 0.339 e. The van der Waals surface area contributed by atoms with Crippen LogP contribution in [0.1, 0.15) is 17.2 Å². The van der Waals surface area contributed by atoms with Crippen LogP contribution >= 0.6 is 22.6 Å². The van der Waals surface area contributed by atoms with E-state index in [0.717, 1.165) is 18.5 Å². The van der Waals surface area contributed by atoms with Gasteiger partial charge in [-0.3, -0.25) is 0 Å². The molecule has 1 aliphatic heterocycles. The van der Waals surface area contributed by atoms with Crippen molar-refractivity contribution in [2.75, 3.05) is 38.8 Å². The second-order valence-corrected chi connectivity index (χ2v) is 4.67. The molecular weight excluding hydrogens is 369 g/mol. The Hall–Kier alpha value is -0.660. The van der Waals surface area contributed by atoms with E-state index in [0.29, 0.717) is 13.2 Å². The normalized spacial score (nSPS) is 16.9. The fourth-order valence-corrected chi connectivity index (χ4v) is 1.99. The molecule has 0 saturated carbocycles. The number of nitrogens with zero attached hydrogens (tertiary/aromatic N) is 1. The summed E-state index contributed by atoms with van der Waals surface area (Å²) in [5, 5.41) is 0. The van der Waals surface area contributed by atoms with Crippen molar-refractivity contribution < 1.29 is 14.3 Å². The number of halogens is 1. The molecule has 0 spiro atoms. The summed E-state index contributed by atoms with van der Waals surface area (Å²) in [7, 11) is 3.89.